The first-order valence-corrected chi connectivity index (χ1v) is 6.19. The number of hydrogen-bond acceptors (Lipinski definition) is 4. The summed E-state index contributed by atoms with van der Waals surface area (Å²) in [5.41, 5.74) is -0.219. The molecule has 2 aliphatic heterocycles. The number of carbonyl (C=O) groups excluding carboxylic acids is 1. The van der Waals surface area contributed by atoms with Crippen molar-refractivity contribution in [2.45, 2.75) is 12.8 Å². The molecule has 0 spiro atoms. The molecule has 0 aromatic rings. The van der Waals surface area contributed by atoms with Crippen LogP contribution in [0.2, 0.25) is 0 Å². The molecular weight excluding hydrogens is 204 g/mol. The second kappa shape index (κ2) is 5.25. The number of likely N-dealkylation sites (N-methyl/N-ethyl adjacent to an activating group) is 1. The van der Waals surface area contributed by atoms with Crippen molar-refractivity contribution in [1.82, 2.24) is 9.80 Å². The molecular formula is C12H22N2O2. The van der Waals surface area contributed by atoms with Gasteiger partial charge < -0.3 is 19.3 Å². The van der Waals surface area contributed by atoms with Gasteiger partial charge in [-0.1, -0.05) is 0 Å². The van der Waals surface area contributed by atoms with Gasteiger partial charge in [-0.15, -0.1) is 0 Å². The molecule has 0 aromatic heterocycles. The zero-order valence-corrected chi connectivity index (χ0v) is 10.2. The lowest BCUT2D eigenvalue weighted by molar-refractivity contribution is -0.117. The summed E-state index contributed by atoms with van der Waals surface area (Å²) < 4.78 is 5.38. The first-order chi connectivity index (χ1) is 7.74. The molecule has 2 saturated heterocycles. The van der Waals surface area contributed by atoms with Gasteiger partial charge in [0, 0.05) is 26.2 Å². The van der Waals surface area contributed by atoms with Crippen molar-refractivity contribution >= 4 is 6.29 Å². The van der Waals surface area contributed by atoms with Crippen LogP contribution >= 0.6 is 0 Å². The van der Waals surface area contributed by atoms with Gasteiger partial charge in [-0.3, -0.25) is 0 Å². The average Bonchev–Trinajstić information content (AvgIpc) is 2.66. The number of carbonyl (C=O) groups is 1. The van der Waals surface area contributed by atoms with E-state index in [1.165, 1.54) is 13.0 Å². The fourth-order valence-electron chi connectivity index (χ4n) is 2.58. The molecule has 0 aromatic carbocycles. The number of nitrogens with zero attached hydrogens (tertiary/aromatic N) is 2. The van der Waals surface area contributed by atoms with Gasteiger partial charge in [0.1, 0.15) is 6.29 Å². The Balaban J connectivity index is 1.89. The standard InChI is InChI=1S/C12H22N2O2/c1-13-4-2-5-14(7-6-13)9-12(10-15)3-8-16-11-12/h10H,2-9,11H2,1H3. The third-order valence-electron chi connectivity index (χ3n) is 3.73. The van der Waals surface area contributed by atoms with Crippen molar-refractivity contribution in [2.75, 3.05) is 53.0 Å². The van der Waals surface area contributed by atoms with Crippen LogP contribution in [0.1, 0.15) is 12.8 Å². The normalized spacial score (nSPS) is 33.8. The van der Waals surface area contributed by atoms with Gasteiger partial charge >= 0.3 is 0 Å². The van der Waals surface area contributed by atoms with E-state index in [1.807, 2.05) is 0 Å². The van der Waals surface area contributed by atoms with Gasteiger partial charge in [0.15, 0.2) is 0 Å². The van der Waals surface area contributed by atoms with Crippen LogP contribution in [0, 0.1) is 5.41 Å². The zero-order chi connectivity index (χ0) is 11.4. The van der Waals surface area contributed by atoms with Crippen LogP contribution in [0.4, 0.5) is 0 Å². The second-order valence-electron chi connectivity index (χ2n) is 5.22. The molecule has 0 saturated carbocycles. The van der Waals surface area contributed by atoms with E-state index in [-0.39, 0.29) is 5.41 Å². The van der Waals surface area contributed by atoms with Crippen LogP contribution in [0.3, 0.4) is 0 Å². The van der Waals surface area contributed by atoms with E-state index in [0.29, 0.717) is 6.61 Å². The molecule has 4 heteroatoms. The van der Waals surface area contributed by atoms with Crippen LogP contribution in [0.25, 0.3) is 0 Å². The van der Waals surface area contributed by atoms with E-state index in [9.17, 15) is 4.79 Å². The third-order valence-corrected chi connectivity index (χ3v) is 3.73. The minimum Gasteiger partial charge on any atom is -0.380 e. The average molecular weight is 226 g/mol. The Bertz CT molecular complexity index is 239. The lowest BCUT2D eigenvalue weighted by Gasteiger charge is -2.29. The minimum atomic E-state index is -0.219. The fraction of sp³-hybridized carbons (Fsp3) is 0.917. The van der Waals surface area contributed by atoms with E-state index < -0.39 is 0 Å². The van der Waals surface area contributed by atoms with Gasteiger partial charge in [0.25, 0.3) is 0 Å². The lowest BCUT2D eigenvalue weighted by atomic mass is 9.88. The Labute approximate surface area is 97.5 Å². The highest BCUT2D eigenvalue weighted by atomic mass is 16.5. The van der Waals surface area contributed by atoms with Gasteiger partial charge in [-0.05, 0) is 33.0 Å². The lowest BCUT2D eigenvalue weighted by Crippen LogP contribution is -2.41. The highest BCUT2D eigenvalue weighted by Crippen LogP contribution is 2.27. The summed E-state index contributed by atoms with van der Waals surface area (Å²) in [5.74, 6) is 0. The maximum absolute atomic E-state index is 11.2. The molecule has 0 radical (unpaired) electrons. The maximum Gasteiger partial charge on any atom is 0.129 e. The summed E-state index contributed by atoms with van der Waals surface area (Å²) in [6.07, 6.45) is 3.21. The van der Waals surface area contributed by atoms with Crippen LogP contribution in [-0.4, -0.2) is 69.1 Å². The van der Waals surface area contributed by atoms with E-state index in [4.69, 9.17) is 4.74 Å². The van der Waals surface area contributed by atoms with Gasteiger partial charge in [-0.2, -0.15) is 0 Å². The van der Waals surface area contributed by atoms with Crippen molar-refractivity contribution in [3.05, 3.63) is 0 Å². The van der Waals surface area contributed by atoms with Gasteiger partial charge in [0.2, 0.25) is 0 Å². The molecule has 4 nitrogen and oxygen atoms in total. The summed E-state index contributed by atoms with van der Waals surface area (Å²) in [7, 11) is 2.16. The van der Waals surface area contributed by atoms with Gasteiger partial charge in [-0.25, -0.2) is 0 Å². The first-order valence-electron chi connectivity index (χ1n) is 6.19. The molecule has 0 N–H and O–H groups in total. The molecule has 92 valence electrons. The summed E-state index contributed by atoms with van der Waals surface area (Å²) in [5, 5.41) is 0. The van der Waals surface area contributed by atoms with E-state index >= 15 is 0 Å². The van der Waals surface area contributed by atoms with Crippen molar-refractivity contribution in [1.29, 1.82) is 0 Å². The quantitative estimate of drug-likeness (QED) is 0.645. The molecule has 1 atom stereocenters. The predicted molar refractivity (Wildman–Crippen MR) is 62.5 cm³/mol. The smallest absolute Gasteiger partial charge is 0.129 e. The Morgan fingerprint density at radius 3 is 2.88 bits per heavy atom. The van der Waals surface area contributed by atoms with E-state index in [0.717, 1.165) is 45.5 Å². The largest absolute Gasteiger partial charge is 0.380 e. The first kappa shape index (κ1) is 12.0. The summed E-state index contributed by atoms with van der Waals surface area (Å²) in [4.78, 5) is 16.0. The summed E-state index contributed by atoms with van der Waals surface area (Å²) >= 11 is 0. The van der Waals surface area contributed by atoms with Crippen molar-refractivity contribution < 1.29 is 9.53 Å². The molecule has 0 aliphatic carbocycles. The Kier molecular flexibility index (Phi) is 3.95. The minimum absolute atomic E-state index is 0.219. The molecule has 2 aliphatic rings. The van der Waals surface area contributed by atoms with Crippen LogP contribution in [-0.2, 0) is 9.53 Å². The number of aldehydes is 1. The SMILES string of the molecule is CN1CCCN(CC2(C=O)CCOC2)CC1. The van der Waals surface area contributed by atoms with Crippen molar-refractivity contribution in [3.8, 4) is 0 Å². The van der Waals surface area contributed by atoms with Crippen molar-refractivity contribution in [2.24, 2.45) is 5.41 Å². The highest BCUT2D eigenvalue weighted by Gasteiger charge is 2.36. The fourth-order valence-corrected chi connectivity index (χ4v) is 2.58. The summed E-state index contributed by atoms with van der Waals surface area (Å²) in [6.45, 7) is 6.70. The number of rotatable bonds is 3. The Hall–Kier alpha value is -0.450. The predicted octanol–water partition coefficient (Wildman–Crippen LogP) is 0.230. The molecule has 2 fully saturated rings. The van der Waals surface area contributed by atoms with Crippen LogP contribution < -0.4 is 0 Å². The van der Waals surface area contributed by atoms with Crippen molar-refractivity contribution in [3.63, 3.8) is 0 Å². The molecule has 16 heavy (non-hydrogen) atoms. The summed E-state index contributed by atoms with van der Waals surface area (Å²) in [6, 6.07) is 0. The van der Waals surface area contributed by atoms with Crippen LogP contribution in [0.15, 0.2) is 0 Å². The third kappa shape index (κ3) is 2.81. The second-order valence-corrected chi connectivity index (χ2v) is 5.22. The molecule has 2 heterocycles. The topological polar surface area (TPSA) is 32.8 Å². The molecule has 0 bridgehead atoms. The highest BCUT2D eigenvalue weighted by molar-refractivity contribution is 5.60. The monoisotopic (exact) mass is 226 g/mol. The maximum atomic E-state index is 11.2. The van der Waals surface area contributed by atoms with Crippen LogP contribution in [0.5, 0.6) is 0 Å². The van der Waals surface area contributed by atoms with E-state index in [1.54, 1.807) is 0 Å². The number of ether oxygens (including phenoxy) is 1. The Morgan fingerprint density at radius 1 is 1.31 bits per heavy atom. The molecule has 2 rings (SSSR count). The zero-order valence-electron chi connectivity index (χ0n) is 10.2. The van der Waals surface area contributed by atoms with Gasteiger partial charge in [0.05, 0.1) is 12.0 Å². The number of hydrogen-bond donors (Lipinski definition) is 0. The molecule has 0 amide bonds. The Morgan fingerprint density at radius 2 is 2.19 bits per heavy atom. The van der Waals surface area contributed by atoms with E-state index in [2.05, 4.69) is 16.8 Å². The molecule has 1 unspecified atom stereocenters.